The molecule has 3 heterocycles. The highest BCUT2D eigenvalue weighted by Crippen LogP contribution is 2.16. The average Bonchev–Trinajstić information content (AvgIpc) is 3.10. The molecule has 2 aromatic heterocycles. The molecule has 24 heavy (non-hydrogen) atoms. The van der Waals surface area contributed by atoms with Crippen LogP contribution < -0.4 is 0 Å². The Balaban J connectivity index is 1.59. The van der Waals surface area contributed by atoms with Crippen molar-refractivity contribution < 1.29 is 4.79 Å². The fourth-order valence-electron chi connectivity index (χ4n) is 3.11. The van der Waals surface area contributed by atoms with Gasteiger partial charge in [-0.15, -0.1) is 0 Å². The van der Waals surface area contributed by atoms with Crippen molar-refractivity contribution in [2.75, 3.05) is 26.2 Å². The fourth-order valence-corrected chi connectivity index (χ4v) is 3.81. The van der Waals surface area contributed by atoms with Gasteiger partial charge < -0.3 is 4.90 Å². The van der Waals surface area contributed by atoms with Gasteiger partial charge in [-0.05, 0) is 36.4 Å². The van der Waals surface area contributed by atoms with Crippen molar-refractivity contribution in [1.82, 2.24) is 29.4 Å². The molecular formula is C16H23IN6O. The summed E-state index contributed by atoms with van der Waals surface area (Å²) in [5.74, 6) is 0.0778. The molecule has 0 unspecified atom stereocenters. The van der Waals surface area contributed by atoms with Gasteiger partial charge in [0.2, 0.25) is 0 Å². The minimum atomic E-state index is 0.0778. The standard InChI is InChI=1S/C16H23IN6O/c1-4-23-12(2)13(9-19-23)11-21-5-7-22(8-6-21)16(24)15-14(17)10-18-20(15)3/h9-10H,4-8,11H2,1-3H3. The van der Waals surface area contributed by atoms with E-state index in [1.807, 2.05) is 22.8 Å². The monoisotopic (exact) mass is 442 g/mol. The molecule has 1 fully saturated rings. The summed E-state index contributed by atoms with van der Waals surface area (Å²) in [6.07, 6.45) is 3.70. The minimum Gasteiger partial charge on any atom is -0.335 e. The van der Waals surface area contributed by atoms with Crippen molar-refractivity contribution in [2.45, 2.75) is 26.9 Å². The van der Waals surface area contributed by atoms with Gasteiger partial charge in [-0.25, -0.2) is 0 Å². The van der Waals surface area contributed by atoms with Crippen LogP contribution in [0.4, 0.5) is 0 Å². The number of hydrogen-bond acceptors (Lipinski definition) is 4. The number of hydrogen-bond donors (Lipinski definition) is 0. The zero-order valence-corrected chi connectivity index (χ0v) is 16.5. The molecular weight excluding hydrogens is 419 g/mol. The first-order valence-electron chi connectivity index (χ1n) is 8.21. The molecule has 2 aromatic rings. The van der Waals surface area contributed by atoms with Gasteiger partial charge in [0.05, 0.1) is 16.0 Å². The maximum atomic E-state index is 12.7. The molecule has 1 saturated heterocycles. The number of piperazine rings is 1. The van der Waals surface area contributed by atoms with Gasteiger partial charge in [-0.2, -0.15) is 10.2 Å². The van der Waals surface area contributed by atoms with E-state index in [0.717, 1.165) is 42.8 Å². The SMILES string of the molecule is CCn1ncc(CN2CCN(C(=O)c3c(I)cnn3C)CC2)c1C. The summed E-state index contributed by atoms with van der Waals surface area (Å²) in [6, 6.07) is 0. The number of carbonyl (C=O) groups excluding carboxylic acids is 1. The lowest BCUT2D eigenvalue weighted by Gasteiger charge is -2.34. The van der Waals surface area contributed by atoms with Crippen LogP contribution in [-0.4, -0.2) is 61.4 Å². The molecule has 0 N–H and O–H groups in total. The first kappa shape index (κ1) is 17.4. The Labute approximate surface area is 155 Å². The molecule has 1 aliphatic rings. The quantitative estimate of drug-likeness (QED) is 0.674. The molecule has 0 aliphatic carbocycles. The van der Waals surface area contributed by atoms with Crippen LogP contribution in [0, 0.1) is 10.5 Å². The lowest BCUT2D eigenvalue weighted by atomic mass is 10.2. The Morgan fingerprint density at radius 1 is 1.21 bits per heavy atom. The molecule has 1 aliphatic heterocycles. The van der Waals surface area contributed by atoms with E-state index in [-0.39, 0.29) is 5.91 Å². The van der Waals surface area contributed by atoms with Gasteiger partial charge >= 0.3 is 0 Å². The maximum Gasteiger partial charge on any atom is 0.273 e. The largest absolute Gasteiger partial charge is 0.335 e. The molecule has 0 radical (unpaired) electrons. The van der Waals surface area contributed by atoms with Gasteiger partial charge in [-0.1, -0.05) is 0 Å². The van der Waals surface area contributed by atoms with Crippen molar-refractivity contribution in [3.63, 3.8) is 0 Å². The molecule has 0 aromatic carbocycles. The predicted molar refractivity (Wildman–Crippen MR) is 99.7 cm³/mol. The third-order valence-electron chi connectivity index (χ3n) is 4.65. The number of nitrogens with zero attached hydrogens (tertiary/aromatic N) is 6. The van der Waals surface area contributed by atoms with Crippen LogP contribution in [-0.2, 0) is 20.1 Å². The molecule has 7 nitrogen and oxygen atoms in total. The van der Waals surface area contributed by atoms with E-state index in [1.165, 1.54) is 11.3 Å². The van der Waals surface area contributed by atoms with E-state index in [9.17, 15) is 4.79 Å². The van der Waals surface area contributed by atoms with Crippen molar-refractivity contribution >= 4 is 28.5 Å². The Hall–Kier alpha value is -1.42. The van der Waals surface area contributed by atoms with Crippen molar-refractivity contribution in [2.24, 2.45) is 7.05 Å². The van der Waals surface area contributed by atoms with Crippen LogP contribution in [0.2, 0.25) is 0 Å². The van der Waals surface area contributed by atoms with Crippen LogP contribution in [0.15, 0.2) is 12.4 Å². The van der Waals surface area contributed by atoms with Gasteiger partial charge in [0, 0.05) is 57.6 Å². The molecule has 0 saturated carbocycles. The third kappa shape index (κ3) is 3.34. The average molecular weight is 442 g/mol. The first-order chi connectivity index (χ1) is 11.5. The smallest absolute Gasteiger partial charge is 0.273 e. The van der Waals surface area contributed by atoms with Crippen molar-refractivity contribution in [3.05, 3.63) is 32.9 Å². The van der Waals surface area contributed by atoms with E-state index in [4.69, 9.17) is 0 Å². The number of halogens is 1. The maximum absolute atomic E-state index is 12.7. The number of aromatic nitrogens is 4. The number of aryl methyl sites for hydroxylation is 2. The van der Waals surface area contributed by atoms with E-state index in [2.05, 4.69) is 51.5 Å². The molecule has 0 spiro atoms. The van der Waals surface area contributed by atoms with E-state index >= 15 is 0 Å². The Kier molecular flexibility index (Phi) is 5.24. The highest BCUT2D eigenvalue weighted by atomic mass is 127. The van der Waals surface area contributed by atoms with Crippen LogP contribution in [0.5, 0.6) is 0 Å². The summed E-state index contributed by atoms with van der Waals surface area (Å²) in [5, 5.41) is 8.58. The minimum absolute atomic E-state index is 0.0778. The van der Waals surface area contributed by atoms with Gasteiger partial charge in [0.15, 0.2) is 0 Å². The second-order valence-electron chi connectivity index (χ2n) is 6.10. The molecule has 0 atom stereocenters. The second-order valence-corrected chi connectivity index (χ2v) is 7.27. The second kappa shape index (κ2) is 7.22. The van der Waals surface area contributed by atoms with Crippen molar-refractivity contribution in [3.8, 4) is 0 Å². The van der Waals surface area contributed by atoms with E-state index in [1.54, 1.807) is 10.9 Å². The lowest BCUT2D eigenvalue weighted by Crippen LogP contribution is -2.48. The molecule has 1 amide bonds. The zero-order chi connectivity index (χ0) is 17.3. The Morgan fingerprint density at radius 3 is 2.46 bits per heavy atom. The Bertz CT molecular complexity index is 710. The summed E-state index contributed by atoms with van der Waals surface area (Å²) < 4.78 is 4.60. The summed E-state index contributed by atoms with van der Waals surface area (Å²) in [5.41, 5.74) is 3.20. The topological polar surface area (TPSA) is 59.2 Å². The fraction of sp³-hybridized carbons (Fsp3) is 0.562. The highest BCUT2D eigenvalue weighted by Gasteiger charge is 2.26. The third-order valence-corrected chi connectivity index (χ3v) is 5.44. The summed E-state index contributed by atoms with van der Waals surface area (Å²) in [7, 11) is 1.82. The highest BCUT2D eigenvalue weighted by molar-refractivity contribution is 14.1. The number of carbonyl (C=O) groups is 1. The van der Waals surface area contributed by atoms with Crippen LogP contribution in [0.25, 0.3) is 0 Å². The predicted octanol–water partition coefficient (Wildman–Crippen LogP) is 1.51. The summed E-state index contributed by atoms with van der Waals surface area (Å²) in [4.78, 5) is 17.0. The number of rotatable bonds is 4. The number of amides is 1. The van der Waals surface area contributed by atoms with Crippen LogP contribution in [0.1, 0.15) is 28.7 Å². The molecule has 130 valence electrons. The van der Waals surface area contributed by atoms with E-state index < -0.39 is 0 Å². The Morgan fingerprint density at radius 2 is 1.92 bits per heavy atom. The summed E-state index contributed by atoms with van der Waals surface area (Å²) >= 11 is 2.17. The molecule has 0 bridgehead atoms. The first-order valence-corrected chi connectivity index (χ1v) is 9.29. The zero-order valence-electron chi connectivity index (χ0n) is 14.4. The van der Waals surface area contributed by atoms with Gasteiger partial charge in [-0.3, -0.25) is 19.1 Å². The van der Waals surface area contributed by atoms with Crippen LogP contribution in [0.3, 0.4) is 0 Å². The normalized spacial score (nSPS) is 15.9. The molecule has 3 rings (SSSR count). The van der Waals surface area contributed by atoms with Gasteiger partial charge in [0.1, 0.15) is 5.69 Å². The van der Waals surface area contributed by atoms with Gasteiger partial charge in [0.25, 0.3) is 5.91 Å². The van der Waals surface area contributed by atoms with Crippen LogP contribution >= 0.6 is 22.6 Å². The van der Waals surface area contributed by atoms with E-state index in [0.29, 0.717) is 5.69 Å². The molecule has 8 heteroatoms. The van der Waals surface area contributed by atoms with Crippen molar-refractivity contribution in [1.29, 1.82) is 0 Å². The summed E-state index contributed by atoms with van der Waals surface area (Å²) in [6.45, 7) is 9.30. The lowest BCUT2D eigenvalue weighted by molar-refractivity contribution is 0.0616.